The van der Waals surface area contributed by atoms with Crippen LogP contribution in [0.5, 0.6) is 0 Å². The van der Waals surface area contributed by atoms with Gasteiger partial charge in [-0.25, -0.2) is 0 Å². The van der Waals surface area contributed by atoms with E-state index in [2.05, 4.69) is 93.7 Å². The fraction of sp³-hybridized carbons (Fsp3) is 0.683. The largest absolute Gasteiger partial charge is 0.462 e. The summed E-state index contributed by atoms with van der Waals surface area (Å²) in [7, 11) is 0. The van der Waals surface area contributed by atoms with Gasteiger partial charge in [0.15, 0.2) is 6.10 Å². The van der Waals surface area contributed by atoms with E-state index < -0.39 is 6.10 Å². The molecular weight excluding hydrogens is 817 g/mol. The molecule has 0 fully saturated rings. The zero-order valence-electron chi connectivity index (χ0n) is 42.9. The van der Waals surface area contributed by atoms with E-state index in [0.717, 1.165) is 103 Å². The van der Waals surface area contributed by atoms with Crippen LogP contribution in [0.3, 0.4) is 0 Å². The summed E-state index contributed by atoms with van der Waals surface area (Å²) >= 11 is 0. The van der Waals surface area contributed by atoms with E-state index in [-0.39, 0.29) is 31.1 Å². The van der Waals surface area contributed by atoms with Crippen LogP contribution < -0.4 is 0 Å². The molecule has 0 heterocycles. The average molecular weight is 917 g/mol. The summed E-state index contributed by atoms with van der Waals surface area (Å²) in [5, 5.41) is 0. The first-order valence-electron chi connectivity index (χ1n) is 27.3. The van der Waals surface area contributed by atoms with Gasteiger partial charge in [-0.05, 0) is 57.8 Å². The molecule has 0 rings (SSSR count). The molecule has 0 N–H and O–H groups in total. The van der Waals surface area contributed by atoms with E-state index in [4.69, 9.17) is 14.2 Å². The van der Waals surface area contributed by atoms with Crippen LogP contribution in [-0.2, 0) is 28.6 Å². The highest BCUT2D eigenvalue weighted by atomic mass is 16.6. The summed E-state index contributed by atoms with van der Waals surface area (Å²) in [6.45, 7) is 6.40. The molecule has 0 saturated carbocycles. The Morgan fingerprint density at radius 3 is 0.985 bits per heavy atom. The second-order valence-corrected chi connectivity index (χ2v) is 17.9. The fourth-order valence-electron chi connectivity index (χ4n) is 7.41. The van der Waals surface area contributed by atoms with Crippen LogP contribution in [0.15, 0.2) is 97.2 Å². The second kappa shape index (κ2) is 53.9. The van der Waals surface area contributed by atoms with E-state index in [1.807, 2.05) is 24.3 Å². The number of esters is 3. The quantitative estimate of drug-likeness (QED) is 0.0262. The zero-order valence-corrected chi connectivity index (χ0v) is 42.9. The minimum atomic E-state index is -0.794. The van der Waals surface area contributed by atoms with Crippen molar-refractivity contribution in [1.82, 2.24) is 0 Å². The van der Waals surface area contributed by atoms with Crippen LogP contribution in [0.25, 0.3) is 0 Å². The maximum Gasteiger partial charge on any atom is 0.306 e. The smallest absolute Gasteiger partial charge is 0.306 e. The third-order valence-electron chi connectivity index (χ3n) is 11.5. The molecule has 0 spiro atoms. The van der Waals surface area contributed by atoms with Gasteiger partial charge in [0.2, 0.25) is 0 Å². The number of carbonyl (C=O) groups excluding carboxylic acids is 3. The van der Waals surface area contributed by atoms with Gasteiger partial charge < -0.3 is 14.2 Å². The molecule has 0 aliphatic rings. The molecule has 0 saturated heterocycles. The van der Waals surface area contributed by atoms with Crippen molar-refractivity contribution in [3.63, 3.8) is 0 Å². The third kappa shape index (κ3) is 51.3. The molecular formula is C60H100O6. The normalized spacial score (nSPS) is 12.8. The molecule has 0 amide bonds. The average Bonchev–Trinajstić information content (AvgIpc) is 3.31. The molecule has 0 aliphatic heterocycles. The summed E-state index contributed by atoms with van der Waals surface area (Å²) in [5.74, 6) is -0.925. The third-order valence-corrected chi connectivity index (χ3v) is 11.5. The van der Waals surface area contributed by atoms with Crippen LogP contribution >= 0.6 is 0 Å². The lowest BCUT2D eigenvalue weighted by atomic mass is 10.0. The van der Waals surface area contributed by atoms with Crippen molar-refractivity contribution in [2.24, 2.45) is 0 Å². The predicted molar refractivity (Wildman–Crippen MR) is 284 cm³/mol. The van der Waals surface area contributed by atoms with Crippen LogP contribution in [0, 0.1) is 0 Å². The lowest BCUT2D eigenvalue weighted by Crippen LogP contribution is -2.30. The van der Waals surface area contributed by atoms with Gasteiger partial charge in [0.1, 0.15) is 13.2 Å². The molecule has 0 aliphatic carbocycles. The number of carbonyl (C=O) groups is 3. The van der Waals surface area contributed by atoms with Crippen LogP contribution in [-0.4, -0.2) is 37.2 Å². The van der Waals surface area contributed by atoms with E-state index in [1.165, 1.54) is 103 Å². The van der Waals surface area contributed by atoms with Crippen molar-refractivity contribution < 1.29 is 28.6 Å². The molecule has 6 nitrogen and oxygen atoms in total. The zero-order chi connectivity index (χ0) is 47.9. The molecule has 376 valence electrons. The summed E-state index contributed by atoms with van der Waals surface area (Å²) < 4.78 is 16.8. The Kier molecular flexibility index (Phi) is 50.9. The van der Waals surface area contributed by atoms with Gasteiger partial charge in [-0.3, -0.25) is 14.4 Å². The highest BCUT2D eigenvalue weighted by Crippen LogP contribution is 2.15. The van der Waals surface area contributed by atoms with E-state index >= 15 is 0 Å². The van der Waals surface area contributed by atoms with Crippen LogP contribution in [0.1, 0.15) is 245 Å². The van der Waals surface area contributed by atoms with Crippen molar-refractivity contribution >= 4 is 17.9 Å². The fourth-order valence-corrected chi connectivity index (χ4v) is 7.41. The Balaban J connectivity index is 4.46. The predicted octanol–water partition coefficient (Wildman–Crippen LogP) is 18.1. The molecule has 1 atom stereocenters. The lowest BCUT2D eigenvalue weighted by molar-refractivity contribution is -0.167. The van der Waals surface area contributed by atoms with Gasteiger partial charge >= 0.3 is 17.9 Å². The number of unbranched alkanes of at least 4 members (excludes halogenated alkanes) is 27. The Hall–Kier alpha value is -3.67. The maximum absolute atomic E-state index is 12.8. The lowest BCUT2D eigenvalue weighted by Gasteiger charge is -2.18. The Morgan fingerprint density at radius 2 is 0.621 bits per heavy atom. The van der Waals surface area contributed by atoms with E-state index in [1.54, 1.807) is 0 Å². The summed E-state index contributed by atoms with van der Waals surface area (Å²) in [4.78, 5) is 38.1. The molecule has 6 heteroatoms. The first kappa shape index (κ1) is 62.3. The first-order valence-corrected chi connectivity index (χ1v) is 27.3. The summed E-state index contributed by atoms with van der Waals surface area (Å²) in [5.41, 5.74) is 0. The summed E-state index contributed by atoms with van der Waals surface area (Å²) in [6, 6.07) is 0. The molecule has 0 radical (unpaired) electrons. The number of allylic oxidation sites excluding steroid dienone is 16. The molecule has 0 aromatic rings. The van der Waals surface area contributed by atoms with Crippen molar-refractivity contribution in [3.8, 4) is 0 Å². The van der Waals surface area contributed by atoms with Gasteiger partial charge in [-0.2, -0.15) is 0 Å². The molecule has 0 aromatic carbocycles. The first-order chi connectivity index (χ1) is 32.5. The van der Waals surface area contributed by atoms with Gasteiger partial charge in [-0.1, -0.05) is 266 Å². The van der Waals surface area contributed by atoms with Gasteiger partial charge in [0.25, 0.3) is 0 Å². The standard InChI is InChI=1S/C60H100O6/c1-4-7-10-13-16-19-22-25-28-29-30-33-35-38-41-44-47-50-53-59(62)65-56-57(66-60(63)54-51-48-45-42-39-36-32-27-24-21-18-15-12-9-6-3)55-64-58(61)52-49-46-43-40-37-34-31-26-23-20-17-14-11-8-5-2/h9-10,12-13,15-16,18-19,21-22,24-25,28-30,33,57H,4-8,11,14,17,20,23,26-27,31-32,34-56H2,1-3H3/b12-9-,13-10-,18-15-,19-16-,24-21-,25-22-,29-28-,33-30-. The van der Waals surface area contributed by atoms with Crippen LogP contribution in [0.2, 0.25) is 0 Å². The molecule has 1 unspecified atom stereocenters. The Morgan fingerprint density at radius 1 is 0.318 bits per heavy atom. The monoisotopic (exact) mass is 917 g/mol. The number of rotatable bonds is 48. The number of hydrogen-bond acceptors (Lipinski definition) is 6. The minimum Gasteiger partial charge on any atom is -0.462 e. The van der Waals surface area contributed by atoms with Gasteiger partial charge in [0, 0.05) is 19.3 Å². The van der Waals surface area contributed by atoms with Crippen molar-refractivity contribution in [1.29, 1.82) is 0 Å². The van der Waals surface area contributed by atoms with Crippen molar-refractivity contribution in [2.75, 3.05) is 13.2 Å². The highest BCUT2D eigenvalue weighted by molar-refractivity contribution is 5.71. The SMILES string of the molecule is CC\C=C/C=C\C=C/CCCCCCCCCC(=O)OC(COC(=O)CCCCCCC\C=C/C=C\C=C/C=C\C=C/CCC)COC(=O)CCCCCCCCCCCCCCCCC. The van der Waals surface area contributed by atoms with Crippen LogP contribution in [0.4, 0.5) is 0 Å². The maximum atomic E-state index is 12.8. The molecule has 0 bridgehead atoms. The Bertz CT molecular complexity index is 1330. The number of ether oxygens (including phenoxy) is 3. The van der Waals surface area contributed by atoms with Gasteiger partial charge in [0.05, 0.1) is 0 Å². The van der Waals surface area contributed by atoms with Crippen molar-refractivity contribution in [3.05, 3.63) is 97.2 Å². The molecule has 66 heavy (non-hydrogen) atoms. The topological polar surface area (TPSA) is 78.9 Å². The van der Waals surface area contributed by atoms with Gasteiger partial charge in [-0.15, -0.1) is 0 Å². The van der Waals surface area contributed by atoms with E-state index in [9.17, 15) is 14.4 Å². The van der Waals surface area contributed by atoms with E-state index in [0.29, 0.717) is 19.3 Å². The van der Waals surface area contributed by atoms with Crippen molar-refractivity contribution in [2.45, 2.75) is 252 Å². The highest BCUT2D eigenvalue weighted by Gasteiger charge is 2.19. The second-order valence-electron chi connectivity index (χ2n) is 17.9. The summed E-state index contributed by atoms with van der Waals surface area (Å²) in [6.07, 6.45) is 70.9. The Labute approximate surface area is 407 Å². The molecule has 0 aromatic heterocycles. The minimum absolute atomic E-state index is 0.0900. The number of hydrogen-bond donors (Lipinski definition) is 0.